The van der Waals surface area contributed by atoms with E-state index in [2.05, 4.69) is 0 Å². The smallest absolute Gasteiger partial charge is 0.338 e. The Bertz CT molecular complexity index is 897. The van der Waals surface area contributed by atoms with Crippen molar-refractivity contribution in [3.8, 4) is 0 Å². The number of anilines is 1. The minimum atomic E-state index is -0.644. The molecule has 0 aromatic heterocycles. The van der Waals surface area contributed by atoms with Crippen LogP contribution in [0.5, 0.6) is 0 Å². The lowest BCUT2D eigenvalue weighted by atomic mass is 10.1. The average molecular weight is 380 g/mol. The maximum atomic E-state index is 12.5. The highest BCUT2D eigenvalue weighted by Gasteiger charge is 2.36. The van der Waals surface area contributed by atoms with Crippen LogP contribution in [0, 0.1) is 0 Å². The Morgan fingerprint density at radius 3 is 1.93 bits per heavy atom. The highest BCUT2D eigenvalue weighted by molar-refractivity contribution is 6.34. The van der Waals surface area contributed by atoms with Crippen molar-refractivity contribution in [1.29, 1.82) is 0 Å². The number of benzene rings is 2. The van der Waals surface area contributed by atoms with Crippen LogP contribution in [-0.2, 0) is 9.53 Å². The summed E-state index contributed by atoms with van der Waals surface area (Å²) in [5, 5.41) is 0. The molecule has 0 saturated carbocycles. The third-order valence-corrected chi connectivity index (χ3v) is 4.60. The van der Waals surface area contributed by atoms with E-state index in [-0.39, 0.29) is 18.1 Å². The van der Waals surface area contributed by atoms with Crippen LogP contribution in [0.2, 0.25) is 0 Å². The van der Waals surface area contributed by atoms with Crippen LogP contribution < -0.4 is 4.90 Å². The van der Waals surface area contributed by atoms with Gasteiger partial charge in [0, 0.05) is 13.1 Å². The summed E-state index contributed by atoms with van der Waals surface area (Å²) in [4.78, 5) is 51.7. The van der Waals surface area contributed by atoms with Gasteiger partial charge >= 0.3 is 5.97 Å². The number of rotatable bonds is 6. The topological polar surface area (TPSA) is 84.0 Å². The van der Waals surface area contributed by atoms with Gasteiger partial charge in [0.05, 0.1) is 22.4 Å². The van der Waals surface area contributed by atoms with Gasteiger partial charge in [0.25, 0.3) is 17.7 Å². The predicted octanol–water partition coefficient (Wildman–Crippen LogP) is 2.51. The Morgan fingerprint density at radius 1 is 0.893 bits per heavy atom. The van der Waals surface area contributed by atoms with E-state index >= 15 is 0 Å². The van der Waals surface area contributed by atoms with Crippen molar-refractivity contribution in [1.82, 2.24) is 4.90 Å². The molecule has 3 amide bonds. The Labute approximate surface area is 162 Å². The molecular formula is C21H20N2O5. The van der Waals surface area contributed by atoms with Crippen molar-refractivity contribution < 1.29 is 23.9 Å². The summed E-state index contributed by atoms with van der Waals surface area (Å²) in [5.41, 5.74) is 1.30. The second-order valence-electron chi connectivity index (χ2n) is 6.18. The van der Waals surface area contributed by atoms with Gasteiger partial charge in [-0.2, -0.15) is 0 Å². The monoisotopic (exact) mass is 380 g/mol. The molecule has 1 aliphatic rings. The number of hydrogen-bond donors (Lipinski definition) is 0. The van der Waals surface area contributed by atoms with Gasteiger partial charge in [-0.3, -0.25) is 14.4 Å². The van der Waals surface area contributed by atoms with Gasteiger partial charge in [0.15, 0.2) is 6.61 Å². The van der Waals surface area contributed by atoms with Crippen molar-refractivity contribution in [2.24, 2.45) is 0 Å². The average Bonchev–Trinajstić information content (AvgIpc) is 2.98. The molecule has 144 valence electrons. The number of carbonyl (C=O) groups excluding carboxylic acids is 4. The Morgan fingerprint density at radius 2 is 1.43 bits per heavy atom. The maximum Gasteiger partial charge on any atom is 0.338 e. The molecule has 0 N–H and O–H groups in total. The Balaban J connectivity index is 1.69. The van der Waals surface area contributed by atoms with Crippen molar-refractivity contribution in [3.63, 3.8) is 0 Å². The molecule has 2 aromatic carbocycles. The standard InChI is InChI=1S/C21H20N2O5/c1-3-22(4-2)18(24)13-28-21(27)14-9-11-15(12-10-14)23-19(25)16-7-5-6-8-17(16)20(23)26/h5-12H,3-4,13H2,1-2H3. The number of ether oxygens (including phenoxy) is 1. The molecule has 7 heteroatoms. The second kappa shape index (κ2) is 8.04. The quantitative estimate of drug-likeness (QED) is 0.568. The van der Waals surface area contributed by atoms with Crippen LogP contribution in [-0.4, -0.2) is 48.3 Å². The summed E-state index contributed by atoms with van der Waals surface area (Å²) in [7, 11) is 0. The number of hydrogen-bond acceptors (Lipinski definition) is 5. The molecule has 0 bridgehead atoms. The van der Waals surface area contributed by atoms with Crippen LogP contribution in [0.3, 0.4) is 0 Å². The lowest BCUT2D eigenvalue weighted by molar-refractivity contribution is -0.134. The minimum absolute atomic E-state index is 0.229. The Hall–Kier alpha value is -3.48. The fraction of sp³-hybridized carbons (Fsp3) is 0.238. The number of carbonyl (C=O) groups is 4. The van der Waals surface area contributed by atoms with E-state index in [1.54, 1.807) is 29.2 Å². The van der Waals surface area contributed by atoms with Crippen LogP contribution in [0.4, 0.5) is 5.69 Å². The number of amides is 3. The van der Waals surface area contributed by atoms with Gasteiger partial charge in [0.2, 0.25) is 0 Å². The van der Waals surface area contributed by atoms with Crippen molar-refractivity contribution >= 4 is 29.4 Å². The number of fused-ring (bicyclic) bond motifs is 1. The first-order chi connectivity index (χ1) is 13.5. The van der Waals surface area contributed by atoms with Crippen LogP contribution in [0.15, 0.2) is 48.5 Å². The molecular weight excluding hydrogens is 360 g/mol. The molecule has 0 saturated heterocycles. The van der Waals surface area contributed by atoms with E-state index in [4.69, 9.17) is 4.74 Å². The SMILES string of the molecule is CCN(CC)C(=O)COC(=O)c1ccc(N2C(=O)c3ccccc3C2=O)cc1. The van der Waals surface area contributed by atoms with Crippen molar-refractivity contribution in [3.05, 3.63) is 65.2 Å². The molecule has 28 heavy (non-hydrogen) atoms. The van der Waals surface area contributed by atoms with Gasteiger partial charge < -0.3 is 9.64 Å². The second-order valence-corrected chi connectivity index (χ2v) is 6.18. The van der Waals surface area contributed by atoms with E-state index in [1.807, 2.05) is 13.8 Å². The summed E-state index contributed by atoms with van der Waals surface area (Å²) < 4.78 is 5.06. The number of likely N-dealkylation sites (N-methyl/N-ethyl adjacent to an activating group) is 1. The normalized spacial score (nSPS) is 12.7. The van der Waals surface area contributed by atoms with Crippen LogP contribution in [0.1, 0.15) is 44.9 Å². The fourth-order valence-electron chi connectivity index (χ4n) is 3.05. The largest absolute Gasteiger partial charge is 0.452 e. The lowest BCUT2D eigenvalue weighted by Gasteiger charge is -2.18. The highest BCUT2D eigenvalue weighted by Crippen LogP contribution is 2.28. The summed E-state index contributed by atoms with van der Waals surface area (Å²) in [5.74, 6) is -1.71. The first kappa shape index (κ1) is 19.3. The molecule has 1 heterocycles. The molecule has 0 radical (unpaired) electrons. The minimum Gasteiger partial charge on any atom is -0.452 e. The van der Waals surface area contributed by atoms with Gasteiger partial charge in [-0.1, -0.05) is 12.1 Å². The molecule has 0 unspecified atom stereocenters. The zero-order chi connectivity index (χ0) is 20.3. The van der Waals surface area contributed by atoms with Crippen LogP contribution in [0.25, 0.3) is 0 Å². The maximum absolute atomic E-state index is 12.5. The summed E-state index contributed by atoms with van der Waals surface area (Å²) in [6, 6.07) is 12.5. The number of imide groups is 1. The number of esters is 1. The van der Waals surface area contributed by atoms with Crippen LogP contribution >= 0.6 is 0 Å². The van der Waals surface area contributed by atoms with Crippen molar-refractivity contribution in [2.75, 3.05) is 24.6 Å². The van der Waals surface area contributed by atoms with E-state index < -0.39 is 17.8 Å². The van der Waals surface area contributed by atoms with E-state index in [9.17, 15) is 19.2 Å². The summed E-state index contributed by atoms with van der Waals surface area (Å²) >= 11 is 0. The van der Waals surface area contributed by atoms with Gasteiger partial charge in [-0.25, -0.2) is 9.69 Å². The van der Waals surface area contributed by atoms with Gasteiger partial charge in [-0.15, -0.1) is 0 Å². The first-order valence-corrected chi connectivity index (χ1v) is 9.00. The van der Waals surface area contributed by atoms with Gasteiger partial charge in [-0.05, 0) is 50.2 Å². The lowest BCUT2D eigenvalue weighted by Crippen LogP contribution is -2.34. The van der Waals surface area contributed by atoms with E-state index in [0.29, 0.717) is 29.9 Å². The molecule has 1 aliphatic heterocycles. The summed E-state index contributed by atoms with van der Waals surface area (Å²) in [6.45, 7) is 4.45. The molecule has 7 nitrogen and oxygen atoms in total. The third kappa shape index (κ3) is 3.51. The fourth-order valence-corrected chi connectivity index (χ4v) is 3.05. The van der Waals surface area contributed by atoms with E-state index in [1.165, 1.54) is 24.3 Å². The molecule has 0 atom stereocenters. The highest BCUT2D eigenvalue weighted by atomic mass is 16.5. The van der Waals surface area contributed by atoms with Gasteiger partial charge in [0.1, 0.15) is 0 Å². The number of nitrogens with zero attached hydrogens (tertiary/aromatic N) is 2. The van der Waals surface area contributed by atoms with E-state index in [0.717, 1.165) is 4.90 Å². The molecule has 0 aliphatic carbocycles. The molecule has 0 spiro atoms. The third-order valence-electron chi connectivity index (χ3n) is 4.60. The predicted molar refractivity (Wildman–Crippen MR) is 102 cm³/mol. The molecule has 2 aromatic rings. The molecule has 3 rings (SSSR count). The Kier molecular flexibility index (Phi) is 5.54. The zero-order valence-electron chi connectivity index (χ0n) is 15.7. The zero-order valence-corrected chi connectivity index (χ0v) is 15.7. The first-order valence-electron chi connectivity index (χ1n) is 9.00. The molecule has 0 fully saturated rings. The van der Waals surface area contributed by atoms with Crippen molar-refractivity contribution in [2.45, 2.75) is 13.8 Å². The summed E-state index contributed by atoms with van der Waals surface area (Å²) in [6.07, 6.45) is 0.